The molecule has 1 aliphatic heterocycles. The van der Waals surface area contributed by atoms with Crippen molar-refractivity contribution in [3.8, 4) is 0 Å². The van der Waals surface area contributed by atoms with Gasteiger partial charge in [0.25, 0.3) is 0 Å². The highest BCUT2D eigenvalue weighted by atomic mass is 16.6. The first-order chi connectivity index (χ1) is 13.6. The highest BCUT2D eigenvalue weighted by Gasteiger charge is 2.55. The van der Waals surface area contributed by atoms with Crippen LogP contribution in [0.3, 0.4) is 0 Å². The van der Waals surface area contributed by atoms with Crippen molar-refractivity contribution in [3.63, 3.8) is 0 Å². The van der Waals surface area contributed by atoms with Crippen molar-refractivity contribution >= 4 is 12.0 Å². The predicted octanol–water partition coefficient (Wildman–Crippen LogP) is 3.87. The number of carbonyl (C=O) groups excluding carboxylic acids is 2. The van der Waals surface area contributed by atoms with E-state index in [9.17, 15) is 9.59 Å². The predicted molar refractivity (Wildman–Crippen MR) is 105 cm³/mol. The summed E-state index contributed by atoms with van der Waals surface area (Å²) in [6.45, 7) is 0.854. The number of likely N-dealkylation sites (tertiary alicyclic amines) is 1. The SMILES string of the molecule is O=C(NC12CC3CCC1CC(C3)C2)[C@@H]1CCCN1C(=O)OCc1ccccc1. The molecule has 2 amide bonds. The molecule has 3 aliphatic carbocycles. The molecule has 5 nitrogen and oxygen atoms in total. The van der Waals surface area contributed by atoms with Crippen LogP contribution in [0.25, 0.3) is 0 Å². The van der Waals surface area contributed by atoms with Gasteiger partial charge in [-0.2, -0.15) is 0 Å². The van der Waals surface area contributed by atoms with Crippen molar-refractivity contribution in [2.45, 2.75) is 69.6 Å². The topological polar surface area (TPSA) is 58.6 Å². The molecule has 5 atom stereocenters. The third-order valence-corrected chi connectivity index (χ3v) is 7.66. The molecule has 1 heterocycles. The maximum absolute atomic E-state index is 13.2. The Morgan fingerprint density at radius 2 is 1.89 bits per heavy atom. The van der Waals surface area contributed by atoms with E-state index in [0.717, 1.165) is 43.1 Å². The molecule has 28 heavy (non-hydrogen) atoms. The molecule has 4 fully saturated rings. The van der Waals surface area contributed by atoms with Crippen LogP contribution in [0.15, 0.2) is 30.3 Å². The zero-order chi connectivity index (χ0) is 19.1. The Bertz CT molecular complexity index is 751. The van der Waals surface area contributed by atoms with Crippen LogP contribution in [-0.4, -0.2) is 35.0 Å². The van der Waals surface area contributed by atoms with Crippen LogP contribution >= 0.6 is 0 Å². The van der Waals surface area contributed by atoms with Crippen LogP contribution in [0, 0.1) is 17.8 Å². The Morgan fingerprint density at radius 3 is 2.75 bits per heavy atom. The molecule has 150 valence electrons. The fourth-order valence-electron chi connectivity index (χ4n) is 6.54. The molecular weight excluding hydrogens is 352 g/mol. The lowest BCUT2D eigenvalue weighted by atomic mass is 9.67. The molecule has 5 heteroatoms. The van der Waals surface area contributed by atoms with Crippen molar-refractivity contribution in [2.24, 2.45) is 17.8 Å². The van der Waals surface area contributed by atoms with E-state index < -0.39 is 0 Å². The number of nitrogens with one attached hydrogen (secondary N) is 1. The maximum atomic E-state index is 13.2. The summed E-state index contributed by atoms with van der Waals surface area (Å²) in [4.78, 5) is 27.5. The molecule has 3 bridgehead atoms. The highest BCUT2D eigenvalue weighted by molar-refractivity contribution is 5.86. The quantitative estimate of drug-likeness (QED) is 0.860. The number of fused-ring (bicyclic) bond motifs is 2. The van der Waals surface area contributed by atoms with Gasteiger partial charge in [0.15, 0.2) is 0 Å². The normalized spacial score (nSPS) is 35.8. The van der Waals surface area contributed by atoms with Crippen LogP contribution in [0.5, 0.6) is 0 Å². The molecule has 1 aromatic carbocycles. The monoisotopic (exact) mass is 382 g/mol. The first kappa shape index (κ1) is 18.0. The van der Waals surface area contributed by atoms with Crippen LogP contribution in [0.4, 0.5) is 4.79 Å². The van der Waals surface area contributed by atoms with Crippen LogP contribution < -0.4 is 5.32 Å². The second kappa shape index (κ2) is 7.09. The first-order valence-electron chi connectivity index (χ1n) is 10.9. The van der Waals surface area contributed by atoms with Gasteiger partial charge in [-0.05, 0) is 74.7 Å². The van der Waals surface area contributed by atoms with E-state index in [2.05, 4.69) is 5.32 Å². The Hall–Kier alpha value is -2.04. The zero-order valence-corrected chi connectivity index (χ0v) is 16.4. The largest absolute Gasteiger partial charge is 0.445 e. The molecule has 3 saturated carbocycles. The summed E-state index contributed by atoms with van der Waals surface area (Å²) in [6, 6.07) is 9.31. The second-order valence-corrected chi connectivity index (χ2v) is 9.42. The number of carbonyl (C=O) groups is 2. The average molecular weight is 383 g/mol. The molecular formula is C23H30N2O3. The van der Waals surface area contributed by atoms with Gasteiger partial charge in [0, 0.05) is 12.1 Å². The number of ether oxygens (including phenoxy) is 1. The van der Waals surface area contributed by atoms with E-state index in [1.54, 1.807) is 4.90 Å². The minimum Gasteiger partial charge on any atom is -0.445 e. The number of hydrogen-bond donors (Lipinski definition) is 1. The van der Waals surface area contributed by atoms with E-state index in [1.807, 2.05) is 30.3 Å². The minimum atomic E-state index is -0.378. The molecule has 4 aliphatic rings. The Balaban J connectivity index is 1.23. The van der Waals surface area contributed by atoms with Gasteiger partial charge in [-0.3, -0.25) is 9.69 Å². The van der Waals surface area contributed by atoms with Gasteiger partial charge in [0.1, 0.15) is 12.6 Å². The van der Waals surface area contributed by atoms with Gasteiger partial charge in [0.05, 0.1) is 0 Å². The molecule has 0 radical (unpaired) electrons. The van der Waals surface area contributed by atoms with Gasteiger partial charge < -0.3 is 10.1 Å². The molecule has 0 spiro atoms. The zero-order valence-electron chi connectivity index (χ0n) is 16.4. The number of rotatable bonds is 4. The summed E-state index contributed by atoms with van der Waals surface area (Å²) >= 11 is 0. The Morgan fingerprint density at radius 1 is 1.07 bits per heavy atom. The summed E-state index contributed by atoms with van der Waals surface area (Å²) in [5, 5.41) is 3.47. The standard InChI is InChI=1S/C23H30N2O3/c26-21(24-23-13-17-8-9-19(23)12-18(11-17)14-23)20-7-4-10-25(20)22(27)28-15-16-5-2-1-3-6-16/h1-3,5-6,17-20H,4,7-15H2,(H,24,26)/t17?,18?,19?,20-,23?/m0/s1. The summed E-state index contributed by atoms with van der Waals surface area (Å²) in [5.41, 5.74) is 0.968. The number of amides is 2. The lowest BCUT2D eigenvalue weighted by Gasteiger charge is -2.46. The van der Waals surface area contributed by atoms with Crippen LogP contribution in [-0.2, 0) is 16.1 Å². The van der Waals surface area contributed by atoms with E-state index in [-0.39, 0.29) is 30.2 Å². The smallest absolute Gasteiger partial charge is 0.410 e. The fourth-order valence-corrected chi connectivity index (χ4v) is 6.54. The molecule has 5 rings (SSSR count). The van der Waals surface area contributed by atoms with Gasteiger partial charge in [-0.1, -0.05) is 30.3 Å². The van der Waals surface area contributed by atoms with Crippen LogP contribution in [0.1, 0.15) is 56.9 Å². The Labute approximate surface area is 166 Å². The summed E-state index contributed by atoms with van der Waals surface area (Å²) in [6.07, 6.45) is 8.75. The van der Waals surface area contributed by atoms with Crippen molar-refractivity contribution < 1.29 is 14.3 Å². The van der Waals surface area contributed by atoms with Crippen molar-refractivity contribution in [1.29, 1.82) is 0 Å². The van der Waals surface area contributed by atoms with Crippen molar-refractivity contribution in [3.05, 3.63) is 35.9 Å². The lowest BCUT2D eigenvalue weighted by molar-refractivity contribution is -0.128. The third-order valence-electron chi connectivity index (χ3n) is 7.66. The van der Waals surface area contributed by atoms with E-state index in [0.29, 0.717) is 12.5 Å². The maximum Gasteiger partial charge on any atom is 0.410 e. The summed E-state index contributed by atoms with van der Waals surface area (Å²) in [7, 11) is 0. The molecule has 1 saturated heterocycles. The van der Waals surface area contributed by atoms with Gasteiger partial charge in [-0.15, -0.1) is 0 Å². The summed E-state index contributed by atoms with van der Waals surface area (Å²) in [5.74, 6) is 2.26. The van der Waals surface area contributed by atoms with Crippen molar-refractivity contribution in [1.82, 2.24) is 10.2 Å². The Kier molecular flexibility index (Phi) is 4.56. The minimum absolute atomic E-state index is 0.00508. The number of hydrogen-bond acceptors (Lipinski definition) is 3. The second-order valence-electron chi connectivity index (χ2n) is 9.42. The average Bonchev–Trinajstić information content (AvgIpc) is 3.23. The molecule has 0 aromatic heterocycles. The van der Waals surface area contributed by atoms with E-state index in [1.165, 1.54) is 25.7 Å². The lowest BCUT2D eigenvalue weighted by Crippen LogP contribution is -2.59. The molecule has 4 unspecified atom stereocenters. The molecule has 1 N–H and O–H groups in total. The fraction of sp³-hybridized carbons (Fsp3) is 0.652. The van der Waals surface area contributed by atoms with Crippen LogP contribution in [0.2, 0.25) is 0 Å². The van der Waals surface area contributed by atoms with E-state index >= 15 is 0 Å². The summed E-state index contributed by atoms with van der Waals surface area (Å²) < 4.78 is 5.50. The van der Waals surface area contributed by atoms with Gasteiger partial charge in [0.2, 0.25) is 5.91 Å². The first-order valence-corrected chi connectivity index (χ1v) is 10.9. The number of benzene rings is 1. The number of nitrogens with zero attached hydrogens (tertiary/aromatic N) is 1. The van der Waals surface area contributed by atoms with Gasteiger partial charge in [-0.25, -0.2) is 4.79 Å². The van der Waals surface area contributed by atoms with Gasteiger partial charge >= 0.3 is 6.09 Å². The third kappa shape index (κ3) is 3.19. The molecule has 1 aromatic rings. The highest BCUT2D eigenvalue weighted by Crippen LogP contribution is 2.57. The van der Waals surface area contributed by atoms with E-state index in [4.69, 9.17) is 4.74 Å². The van der Waals surface area contributed by atoms with Crippen molar-refractivity contribution in [2.75, 3.05) is 6.54 Å².